The third-order valence-electron chi connectivity index (χ3n) is 6.10. The van der Waals surface area contributed by atoms with Gasteiger partial charge in [-0.15, -0.1) is 11.3 Å². The molecule has 2 aliphatic heterocycles. The number of carbonyl (C=O) groups excluding carboxylic acids is 2. The second-order valence-electron chi connectivity index (χ2n) is 8.11. The number of esters is 1. The van der Waals surface area contributed by atoms with E-state index >= 15 is 0 Å². The minimum atomic E-state index is -0.652. The van der Waals surface area contributed by atoms with Crippen LogP contribution in [0.3, 0.4) is 0 Å². The summed E-state index contributed by atoms with van der Waals surface area (Å²) in [6.45, 7) is 4.42. The average Bonchev–Trinajstić information content (AvgIpc) is 3.54. The number of hydrogen-bond acceptors (Lipinski definition) is 7. The smallest absolute Gasteiger partial charge is 0.338 e. The third kappa shape index (κ3) is 3.38. The van der Waals surface area contributed by atoms with Gasteiger partial charge in [0.15, 0.2) is 4.80 Å². The van der Waals surface area contributed by atoms with Crippen molar-refractivity contribution >= 4 is 45.8 Å². The van der Waals surface area contributed by atoms with Gasteiger partial charge in [-0.25, -0.2) is 9.79 Å². The molecule has 1 aromatic carbocycles. The zero-order chi connectivity index (χ0) is 24.0. The van der Waals surface area contributed by atoms with Crippen LogP contribution in [0.2, 0.25) is 0 Å². The molecule has 0 spiro atoms. The van der Waals surface area contributed by atoms with E-state index in [9.17, 15) is 14.4 Å². The Morgan fingerprint density at radius 3 is 2.68 bits per heavy atom. The Bertz CT molecular complexity index is 1510. The van der Waals surface area contributed by atoms with E-state index in [0.717, 1.165) is 29.0 Å². The number of thiophene rings is 1. The standard InChI is InChI=1S/C25H23N3O4S2/c1-4-5-12-27-16-10-7-6-9-15(16)19(22(27)29)21-23(30)28-20(17-11-8-13-33-17)18(24(31)32-3)14(2)26-25(28)34-21/h6-11,13,20H,4-5,12H2,1-3H3/b21-19-/t20-/m1/s1. The summed E-state index contributed by atoms with van der Waals surface area (Å²) in [7, 11) is 1.32. The molecule has 0 N–H and O–H groups in total. The summed E-state index contributed by atoms with van der Waals surface area (Å²) in [5.74, 6) is -0.692. The zero-order valence-electron chi connectivity index (χ0n) is 19.0. The molecular formula is C25H23N3O4S2. The van der Waals surface area contributed by atoms with Gasteiger partial charge >= 0.3 is 5.97 Å². The third-order valence-corrected chi connectivity index (χ3v) is 8.08. The quantitative estimate of drug-likeness (QED) is 0.512. The van der Waals surface area contributed by atoms with Gasteiger partial charge in [0.25, 0.3) is 11.5 Å². The van der Waals surface area contributed by atoms with Crippen molar-refractivity contribution in [3.8, 4) is 0 Å². The molecule has 1 amide bonds. The number of para-hydroxylation sites is 1. The molecule has 0 bridgehead atoms. The van der Waals surface area contributed by atoms with Crippen molar-refractivity contribution in [2.75, 3.05) is 18.6 Å². The number of ether oxygens (including phenoxy) is 1. The summed E-state index contributed by atoms with van der Waals surface area (Å²) >= 11 is 2.65. The highest BCUT2D eigenvalue weighted by Crippen LogP contribution is 2.36. The molecule has 1 atom stereocenters. The highest BCUT2D eigenvalue weighted by Gasteiger charge is 2.37. The molecule has 5 rings (SSSR count). The number of anilines is 1. The molecule has 2 aromatic heterocycles. The van der Waals surface area contributed by atoms with E-state index in [1.165, 1.54) is 34.4 Å². The number of carbonyl (C=O) groups is 2. The van der Waals surface area contributed by atoms with Gasteiger partial charge in [0.05, 0.1) is 29.6 Å². The molecule has 174 valence electrons. The fourth-order valence-corrected chi connectivity index (χ4v) is 6.46. The number of hydrogen-bond donors (Lipinski definition) is 0. The van der Waals surface area contributed by atoms with Crippen LogP contribution in [0.4, 0.5) is 5.69 Å². The van der Waals surface area contributed by atoms with Crippen LogP contribution >= 0.6 is 22.7 Å². The molecule has 0 aliphatic carbocycles. The lowest BCUT2D eigenvalue weighted by atomic mass is 10.0. The number of fused-ring (bicyclic) bond motifs is 2. The molecule has 0 radical (unpaired) electrons. The van der Waals surface area contributed by atoms with Gasteiger partial charge in [-0.2, -0.15) is 0 Å². The largest absolute Gasteiger partial charge is 0.466 e. The van der Waals surface area contributed by atoms with E-state index in [4.69, 9.17) is 4.74 Å². The summed E-state index contributed by atoms with van der Waals surface area (Å²) in [5, 5.41) is 1.90. The average molecular weight is 494 g/mol. The van der Waals surface area contributed by atoms with E-state index in [2.05, 4.69) is 11.9 Å². The molecule has 0 saturated carbocycles. The van der Waals surface area contributed by atoms with Gasteiger partial charge in [-0.1, -0.05) is 48.9 Å². The maximum atomic E-state index is 13.9. The molecule has 9 heteroatoms. The van der Waals surface area contributed by atoms with Crippen LogP contribution in [0.1, 0.15) is 43.2 Å². The Hall–Kier alpha value is -3.30. The first-order chi connectivity index (χ1) is 16.5. The van der Waals surface area contributed by atoms with Crippen molar-refractivity contribution in [2.24, 2.45) is 4.99 Å². The van der Waals surface area contributed by atoms with Crippen LogP contribution in [-0.4, -0.2) is 30.1 Å². The highest BCUT2D eigenvalue weighted by atomic mass is 32.1. The van der Waals surface area contributed by atoms with Crippen LogP contribution in [0.25, 0.3) is 5.57 Å². The monoisotopic (exact) mass is 493 g/mol. The lowest BCUT2D eigenvalue weighted by Crippen LogP contribution is -2.40. The van der Waals surface area contributed by atoms with Crippen molar-refractivity contribution in [3.05, 3.63) is 83.2 Å². The molecule has 0 fully saturated rings. The van der Waals surface area contributed by atoms with Gasteiger partial charge in [0.2, 0.25) is 0 Å². The first kappa shape index (κ1) is 22.5. The minimum Gasteiger partial charge on any atom is -0.466 e. The number of unbranched alkanes of at least 4 members (excludes halogenated alkanes) is 1. The van der Waals surface area contributed by atoms with Crippen molar-refractivity contribution in [2.45, 2.75) is 32.7 Å². The second kappa shape index (κ2) is 8.81. The Morgan fingerprint density at radius 2 is 1.97 bits per heavy atom. The summed E-state index contributed by atoms with van der Waals surface area (Å²) in [4.78, 5) is 47.8. The second-order valence-corrected chi connectivity index (χ2v) is 10.1. The van der Waals surface area contributed by atoms with Gasteiger partial charge in [-0.3, -0.25) is 14.2 Å². The van der Waals surface area contributed by atoms with Crippen molar-refractivity contribution < 1.29 is 14.3 Å². The maximum Gasteiger partial charge on any atom is 0.338 e. The molecular weight excluding hydrogens is 470 g/mol. The van der Waals surface area contributed by atoms with Crippen LogP contribution in [0.5, 0.6) is 0 Å². The Morgan fingerprint density at radius 1 is 1.18 bits per heavy atom. The topological polar surface area (TPSA) is 81.0 Å². The zero-order valence-corrected chi connectivity index (χ0v) is 20.7. The minimum absolute atomic E-state index is 0.170. The number of aromatic nitrogens is 1. The predicted molar refractivity (Wildman–Crippen MR) is 133 cm³/mol. The van der Waals surface area contributed by atoms with E-state index < -0.39 is 12.0 Å². The first-order valence-corrected chi connectivity index (χ1v) is 12.8. The Balaban J connectivity index is 1.79. The van der Waals surface area contributed by atoms with Gasteiger partial charge in [0, 0.05) is 17.0 Å². The van der Waals surface area contributed by atoms with E-state index in [1.54, 1.807) is 11.8 Å². The number of rotatable bonds is 5. The van der Waals surface area contributed by atoms with E-state index in [0.29, 0.717) is 32.7 Å². The lowest BCUT2D eigenvalue weighted by molar-refractivity contribution is -0.136. The number of methoxy groups -OCH3 is 1. The Kier molecular flexibility index (Phi) is 5.83. The molecule has 2 aliphatic rings. The van der Waals surface area contributed by atoms with E-state index in [1.807, 2.05) is 41.8 Å². The number of amides is 1. The van der Waals surface area contributed by atoms with Gasteiger partial charge in [0.1, 0.15) is 10.6 Å². The summed E-state index contributed by atoms with van der Waals surface area (Å²) in [6, 6.07) is 10.7. The molecule has 3 aromatic rings. The molecule has 4 heterocycles. The number of allylic oxidation sites excluding steroid dienone is 1. The van der Waals surface area contributed by atoms with Crippen LogP contribution in [-0.2, 0) is 14.3 Å². The van der Waals surface area contributed by atoms with Crippen LogP contribution < -0.4 is 19.8 Å². The highest BCUT2D eigenvalue weighted by molar-refractivity contribution is 7.10. The van der Waals surface area contributed by atoms with Crippen molar-refractivity contribution in [1.82, 2.24) is 4.57 Å². The van der Waals surface area contributed by atoms with Crippen molar-refractivity contribution in [3.63, 3.8) is 0 Å². The summed E-state index contributed by atoms with van der Waals surface area (Å²) < 4.78 is 6.91. The van der Waals surface area contributed by atoms with Gasteiger partial charge < -0.3 is 9.64 Å². The summed E-state index contributed by atoms with van der Waals surface area (Å²) in [6.07, 6.45) is 1.83. The Labute approximate surface area is 203 Å². The number of benzene rings is 1. The molecule has 0 unspecified atom stereocenters. The van der Waals surface area contributed by atoms with Crippen molar-refractivity contribution in [1.29, 1.82) is 0 Å². The summed E-state index contributed by atoms with van der Waals surface area (Å²) in [5.41, 5.74) is 2.49. The molecule has 0 saturated heterocycles. The fourth-order valence-electron chi connectivity index (χ4n) is 4.50. The fraction of sp³-hybridized carbons (Fsp3) is 0.280. The normalized spacial score (nSPS) is 18.6. The molecule has 7 nitrogen and oxygen atoms in total. The van der Waals surface area contributed by atoms with Gasteiger partial charge in [-0.05, 0) is 30.9 Å². The van der Waals surface area contributed by atoms with E-state index in [-0.39, 0.29) is 11.5 Å². The molecule has 34 heavy (non-hydrogen) atoms. The SMILES string of the molecule is CCCCN1C(=O)/C(=c2\sc3n(c2=O)[C@H](c2cccs2)C(C(=O)OC)=C(C)N=3)c2ccccc21. The lowest BCUT2D eigenvalue weighted by Gasteiger charge is -2.22. The predicted octanol–water partition coefficient (Wildman–Crippen LogP) is 2.99. The maximum absolute atomic E-state index is 13.9. The number of thiazole rings is 1. The number of nitrogens with zero attached hydrogens (tertiary/aromatic N) is 3. The van der Waals surface area contributed by atoms with Crippen LogP contribution in [0.15, 0.2) is 62.8 Å². The first-order valence-electron chi connectivity index (χ1n) is 11.1. The van der Waals surface area contributed by atoms with Crippen LogP contribution in [0, 0.1) is 0 Å².